The Bertz CT molecular complexity index is 759. The van der Waals surface area contributed by atoms with Crippen molar-refractivity contribution in [1.82, 2.24) is 4.98 Å². The van der Waals surface area contributed by atoms with Crippen LogP contribution in [0.25, 0.3) is 0 Å². The zero-order valence-electron chi connectivity index (χ0n) is 11.4. The molecule has 1 unspecified atom stereocenters. The van der Waals surface area contributed by atoms with Crippen LogP contribution in [0.15, 0.2) is 47.5 Å². The van der Waals surface area contributed by atoms with Gasteiger partial charge in [0, 0.05) is 6.20 Å². The first-order chi connectivity index (χ1) is 10.1. The molecule has 1 atom stereocenters. The molecule has 1 aliphatic carbocycles. The van der Waals surface area contributed by atoms with Crippen molar-refractivity contribution in [2.75, 3.05) is 0 Å². The molecule has 0 bridgehead atoms. The van der Waals surface area contributed by atoms with Gasteiger partial charge in [-0.2, -0.15) is 0 Å². The highest BCUT2D eigenvalue weighted by molar-refractivity contribution is 7.89. The first-order valence-corrected chi connectivity index (χ1v) is 8.32. The van der Waals surface area contributed by atoms with Crippen LogP contribution in [0, 0.1) is 0 Å². The van der Waals surface area contributed by atoms with Crippen LogP contribution in [0.1, 0.15) is 30.1 Å². The summed E-state index contributed by atoms with van der Waals surface area (Å²) < 4.78 is 29.1. The monoisotopic (exact) mass is 304 g/mol. The Kier molecular flexibility index (Phi) is 3.65. The Hall–Kier alpha value is -1.92. The average Bonchev–Trinajstić information content (AvgIpc) is 2.47. The van der Waals surface area contributed by atoms with Gasteiger partial charge in [0.25, 0.3) is 0 Å². The van der Waals surface area contributed by atoms with E-state index >= 15 is 0 Å². The molecule has 2 aromatic rings. The number of nitrogens with two attached hydrogens (primary N) is 1. The number of rotatable bonds is 3. The summed E-state index contributed by atoms with van der Waals surface area (Å²) >= 11 is 0. The van der Waals surface area contributed by atoms with E-state index in [1.807, 2.05) is 18.2 Å². The Balaban J connectivity index is 1.96. The quantitative estimate of drug-likeness (QED) is 0.942. The van der Waals surface area contributed by atoms with Gasteiger partial charge in [-0.3, -0.25) is 0 Å². The lowest BCUT2D eigenvalue weighted by Gasteiger charge is -2.26. The first kappa shape index (κ1) is 14.0. The Labute approximate surface area is 123 Å². The molecule has 0 amide bonds. The van der Waals surface area contributed by atoms with Crippen LogP contribution in [0.3, 0.4) is 0 Å². The van der Waals surface area contributed by atoms with Gasteiger partial charge in [-0.05, 0) is 42.5 Å². The third kappa shape index (κ3) is 2.91. The number of hydrogen-bond acceptors (Lipinski definition) is 4. The molecule has 5 nitrogen and oxygen atoms in total. The van der Waals surface area contributed by atoms with E-state index in [2.05, 4.69) is 11.1 Å². The predicted molar refractivity (Wildman–Crippen MR) is 78.4 cm³/mol. The largest absolute Gasteiger partial charge is 0.468 e. The van der Waals surface area contributed by atoms with Gasteiger partial charge >= 0.3 is 0 Å². The number of sulfonamides is 1. The van der Waals surface area contributed by atoms with Crippen molar-refractivity contribution in [3.8, 4) is 5.88 Å². The Morgan fingerprint density at radius 2 is 2.00 bits per heavy atom. The van der Waals surface area contributed by atoms with E-state index in [9.17, 15) is 8.42 Å². The molecular weight excluding hydrogens is 288 g/mol. The number of aromatic nitrogens is 1. The minimum Gasteiger partial charge on any atom is -0.468 e. The molecule has 1 aliphatic rings. The molecule has 21 heavy (non-hydrogen) atoms. The number of ether oxygens (including phenoxy) is 1. The van der Waals surface area contributed by atoms with Crippen LogP contribution in [-0.2, 0) is 16.4 Å². The molecular formula is C15H16N2O3S. The van der Waals surface area contributed by atoms with Crippen molar-refractivity contribution in [2.24, 2.45) is 5.14 Å². The molecule has 0 spiro atoms. The second-order valence-corrected chi connectivity index (χ2v) is 6.58. The molecule has 3 rings (SSSR count). The lowest BCUT2D eigenvalue weighted by molar-refractivity contribution is 0.170. The van der Waals surface area contributed by atoms with E-state index in [1.165, 1.54) is 23.9 Å². The maximum absolute atomic E-state index is 11.6. The molecule has 0 saturated heterocycles. The van der Waals surface area contributed by atoms with Crippen LogP contribution in [0.2, 0.25) is 0 Å². The molecule has 0 fully saturated rings. The molecule has 2 N–H and O–H groups in total. The van der Waals surface area contributed by atoms with Gasteiger partial charge in [-0.15, -0.1) is 0 Å². The number of primary sulfonamides is 1. The highest BCUT2D eigenvalue weighted by Crippen LogP contribution is 2.34. The van der Waals surface area contributed by atoms with Crippen molar-refractivity contribution >= 4 is 10.0 Å². The van der Waals surface area contributed by atoms with Crippen LogP contribution in [-0.4, -0.2) is 13.4 Å². The second kappa shape index (κ2) is 5.46. The minimum atomic E-state index is -3.85. The van der Waals surface area contributed by atoms with Crippen LogP contribution in [0.5, 0.6) is 5.88 Å². The van der Waals surface area contributed by atoms with Gasteiger partial charge in [0.2, 0.25) is 15.9 Å². The smallest absolute Gasteiger partial charge is 0.243 e. The van der Waals surface area contributed by atoms with Gasteiger partial charge in [-0.25, -0.2) is 18.5 Å². The fourth-order valence-corrected chi connectivity index (χ4v) is 3.26. The fraction of sp³-hybridized carbons (Fsp3) is 0.267. The third-order valence-corrected chi connectivity index (χ3v) is 4.53. The zero-order chi connectivity index (χ0) is 14.9. The summed E-state index contributed by atoms with van der Waals surface area (Å²) in [5.41, 5.74) is 2.33. The molecule has 110 valence electrons. The molecule has 1 aromatic carbocycles. The highest BCUT2D eigenvalue weighted by Gasteiger charge is 2.24. The van der Waals surface area contributed by atoms with E-state index in [-0.39, 0.29) is 16.9 Å². The normalized spacial score (nSPS) is 18.0. The van der Waals surface area contributed by atoms with Crippen molar-refractivity contribution in [2.45, 2.75) is 30.3 Å². The lowest BCUT2D eigenvalue weighted by atomic mass is 9.89. The molecule has 1 aromatic heterocycles. The Morgan fingerprint density at radius 3 is 2.81 bits per heavy atom. The molecule has 0 saturated carbocycles. The summed E-state index contributed by atoms with van der Waals surface area (Å²) in [6.45, 7) is 0. The summed E-state index contributed by atoms with van der Waals surface area (Å²) in [5.74, 6) is 0.0710. The molecule has 1 heterocycles. The van der Waals surface area contributed by atoms with E-state index in [0.29, 0.717) is 0 Å². The van der Waals surface area contributed by atoms with Crippen LogP contribution >= 0.6 is 0 Å². The standard InChI is InChI=1S/C15H16N2O3S/c16-21(18,19)14-9-4-10-17-15(14)20-13-8-3-6-11-5-1-2-7-12(11)13/h1-2,4-5,7,9-10,13H,3,6,8H2,(H2,16,18,19). The van der Waals surface area contributed by atoms with Gasteiger partial charge in [0.1, 0.15) is 11.0 Å². The SMILES string of the molecule is NS(=O)(=O)c1cccnc1OC1CCCc2ccccc21. The zero-order valence-corrected chi connectivity index (χ0v) is 12.2. The molecule has 0 aliphatic heterocycles. The average molecular weight is 304 g/mol. The van der Waals surface area contributed by atoms with Crippen molar-refractivity contribution in [3.63, 3.8) is 0 Å². The number of benzene rings is 1. The van der Waals surface area contributed by atoms with Gasteiger partial charge in [0.05, 0.1) is 0 Å². The lowest BCUT2D eigenvalue weighted by Crippen LogP contribution is -2.19. The third-order valence-electron chi connectivity index (χ3n) is 3.61. The number of nitrogens with zero attached hydrogens (tertiary/aromatic N) is 1. The summed E-state index contributed by atoms with van der Waals surface area (Å²) in [5, 5.41) is 5.21. The highest BCUT2D eigenvalue weighted by atomic mass is 32.2. The number of aryl methyl sites for hydroxylation is 1. The molecule has 6 heteroatoms. The van der Waals surface area contributed by atoms with Crippen molar-refractivity contribution < 1.29 is 13.2 Å². The number of pyridine rings is 1. The number of fused-ring (bicyclic) bond motifs is 1. The van der Waals surface area contributed by atoms with E-state index in [0.717, 1.165) is 24.8 Å². The van der Waals surface area contributed by atoms with E-state index in [1.54, 1.807) is 0 Å². The summed E-state index contributed by atoms with van der Waals surface area (Å²) in [6, 6.07) is 11.0. The van der Waals surface area contributed by atoms with Gasteiger partial charge in [0.15, 0.2) is 0 Å². The fourth-order valence-electron chi connectivity index (χ4n) is 2.65. The predicted octanol–water partition coefficient (Wildman–Crippen LogP) is 2.19. The van der Waals surface area contributed by atoms with Crippen LogP contribution < -0.4 is 9.88 Å². The first-order valence-electron chi connectivity index (χ1n) is 6.78. The summed E-state index contributed by atoms with van der Waals surface area (Å²) in [4.78, 5) is 3.95. The maximum atomic E-state index is 11.6. The molecule has 0 radical (unpaired) electrons. The minimum absolute atomic E-state index is 0.0710. The van der Waals surface area contributed by atoms with Gasteiger partial charge < -0.3 is 4.74 Å². The summed E-state index contributed by atoms with van der Waals surface area (Å²) in [7, 11) is -3.85. The second-order valence-electron chi connectivity index (χ2n) is 5.05. The van der Waals surface area contributed by atoms with Crippen LogP contribution in [0.4, 0.5) is 0 Å². The van der Waals surface area contributed by atoms with E-state index < -0.39 is 10.0 Å². The topological polar surface area (TPSA) is 82.3 Å². The Morgan fingerprint density at radius 1 is 1.19 bits per heavy atom. The van der Waals surface area contributed by atoms with E-state index in [4.69, 9.17) is 9.88 Å². The van der Waals surface area contributed by atoms with Crippen molar-refractivity contribution in [1.29, 1.82) is 0 Å². The number of hydrogen-bond donors (Lipinski definition) is 1. The van der Waals surface area contributed by atoms with Gasteiger partial charge in [-0.1, -0.05) is 24.3 Å². The summed E-state index contributed by atoms with van der Waals surface area (Å²) in [6.07, 6.45) is 4.15. The van der Waals surface area contributed by atoms with Crippen molar-refractivity contribution in [3.05, 3.63) is 53.7 Å². The maximum Gasteiger partial charge on any atom is 0.243 e.